The molecule has 0 aromatic heterocycles. The van der Waals surface area contributed by atoms with Gasteiger partial charge in [0.1, 0.15) is 0 Å². The molecule has 0 spiro atoms. The van der Waals surface area contributed by atoms with E-state index in [2.05, 4.69) is 5.32 Å². The molecule has 0 heterocycles. The summed E-state index contributed by atoms with van der Waals surface area (Å²) in [5.74, 6) is -0.806. The first-order chi connectivity index (χ1) is 9.30. The topological polar surface area (TPSA) is 87.0 Å². The maximum absolute atomic E-state index is 12.2. The molecule has 1 aromatic rings. The van der Waals surface area contributed by atoms with Gasteiger partial charge in [0.05, 0.1) is 27.7 Å². The molecule has 108 valence electrons. The van der Waals surface area contributed by atoms with Gasteiger partial charge in [0.15, 0.2) is 9.84 Å². The van der Waals surface area contributed by atoms with Crippen LogP contribution in [0.4, 0.5) is 0 Å². The van der Waals surface area contributed by atoms with Crippen molar-refractivity contribution in [2.75, 3.05) is 6.54 Å². The Morgan fingerprint density at radius 1 is 1.30 bits per heavy atom. The lowest BCUT2D eigenvalue weighted by molar-refractivity contribution is 0.0947. The number of rotatable bonds is 5. The molecule has 0 fully saturated rings. The zero-order valence-corrected chi connectivity index (χ0v) is 12.6. The highest BCUT2D eigenvalue weighted by Gasteiger charge is 2.25. The number of hydrogen-bond acceptors (Lipinski definition) is 4. The van der Waals surface area contributed by atoms with Crippen LogP contribution in [0.2, 0.25) is 0 Å². The van der Waals surface area contributed by atoms with Crippen LogP contribution in [-0.2, 0) is 9.84 Å². The molecule has 1 atom stereocenters. The van der Waals surface area contributed by atoms with E-state index in [1.807, 2.05) is 6.07 Å². The average molecular weight is 294 g/mol. The Morgan fingerprint density at radius 2 is 1.90 bits per heavy atom. The van der Waals surface area contributed by atoms with Crippen molar-refractivity contribution in [3.63, 3.8) is 0 Å². The molecule has 1 rings (SSSR count). The number of nitrogens with zero attached hydrogens (tertiary/aromatic N) is 1. The molecule has 20 heavy (non-hydrogen) atoms. The lowest BCUT2D eigenvalue weighted by Crippen LogP contribution is -2.29. The van der Waals surface area contributed by atoms with Gasteiger partial charge in [-0.2, -0.15) is 5.26 Å². The van der Waals surface area contributed by atoms with Crippen LogP contribution in [0.1, 0.15) is 31.1 Å². The van der Waals surface area contributed by atoms with Gasteiger partial charge in [0.2, 0.25) is 0 Å². The maximum atomic E-state index is 12.2. The second-order valence-corrected chi connectivity index (χ2v) is 7.30. The van der Waals surface area contributed by atoms with E-state index in [1.165, 1.54) is 12.1 Å². The van der Waals surface area contributed by atoms with Crippen molar-refractivity contribution >= 4 is 15.7 Å². The highest BCUT2D eigenvalue weighted by Crippen LogP contribution is 2.20. The van der Waals surface area contributed by atoms with Crippen molar-refractivity contribution in [3.05, 3.63) is 29.8 Å². The Morgan fingerprint density at radius 3 is 2.45 bits per heavy atom. The van der Waals surface area contributed by atoms with Gasteiger partial charge < -0.3 is 5.32 Å². The third-order valence-electron chi connectivity index (χ3n) is 2.85. The Balaban J connectivity index is 3.09. The minimum absolute atomic E-state index is 0.0251. The maximum Gasteiger partial charge on any atom is 0.252 e. The van der Waals surface area contributed by atoms with E-state index in [0.717, 1.165) is 0 Å². The summed E-state index contributed by atoms with van der Waals surface area (Å²) in [6.45, 7) is 5.01. The Bertz CT molecular complexity index is 630. The normalized spacial score (nSPS) is 12.8. The highest BCUT2D eigenvalue weighted by molar-refractivity contribution is 7.92. The van der Waals surface area contributed by atoms with Gasteiger partial charge in [-0.15, -0.1) is 0 Å². The van der Waals surface area contributed by atoms with Gasteiger partial charge >= 0.3 is 0 Å². The van der Waals surface area contributed by atoms with E-state index in [0.29, 0.717) is 0 Å². The minimum Gasteiger partial charge on any atom is -0.351 e. The minimum atomic E-state index is -3.52. The molecule has 1 unspecified atom stereocenters. The fourth-order valence-corrected chi connectivity index (χ4v) is 2.79. The molecular formula is C14H18N2O3S. The number of carbonyl (C=O) groups excluding carboxylic acids is 1. The van der Waals surface area contributed by atoms with Gasteiger partial charge in [-0.25, -0.2) is 8.42 Å². The molecule has 0 aliphatic rings. The lowest BCUT2D eigenvalue weighted by Gasteiger charge is -2.13. The van der Waals surface area contributed by atoms with Crippen molar-refractivity contribution in [3.8, 4) is 6.07 Å². The van der Waals surface area contributed by atoms with E-state index in [1.54, 1.807) is 32.9 Å². The SMILES string of the molecule is CC(C#N)CNC(=O)c1ccccc1S(=O)(=O)C(C)C. The Labute approximate surface area is 119 Å². The zero-order valence-electron chi connectivity index (χ0n) is 11.8. The molecule has 6 heteroatoms. The van der Waals surface area contributed by atoms with Crippen molar-refractivity contribution in [1.29, 1.82) is 5.26 Å². The van der Waals surface area contributed by atoms with E-state index in [9.17, 15) is 13.2 Å². The number of carbonyl (C=O) groups is 1. The molecule has 0 saturated carbocycles. The third kappa shape index (κ3) is 3.58. The Hall–Kier alpha value is -1.87. The summed E-state index contributed by atoms with van der Waals surface area (Å²) in [5.41, 5.74) is 0.117. The van der Waals surface area contributed by atoms with Crippen LogP contribution in [0.3, 0.4) is 0 Å². The van der Waals surface area contributed by atoms with Gasteiger partial charge in [0.25, 0.3) is 5.91 Å². The van der Waals surface area contributed by atoms with Gasteiger partial charge in [0, 0.05) is 6.54 Å². The smallest absolute Gasteiger partial charge is 0.252 e. The third-order valence-corrected chi connectivity index (χ3v) is 5.06. The Kier molecular flexibility index (Phi) is 5.28. The van der Waals surface area contributed by atoms with Gasteiger partial charge in [-0.3, -0.25) is 4.79 Å². The van der Waals surface area contributed by atoms with E-state index in [4.69, 9.17) is 5.26 Å². The van der Waals surface area contributed by atoms with Crippen molar-refractivity contribution in [2.45, 2.75) is 30.9 Å². The molecule has 0 saturated heterocycles. The van der Waals surface area contributed by atoms with Crippen molar-refractivity contribution in [2.24, 2.45) is 5.92 Å². The van der Waals surface area contributed by atoms with Crippen LogP contribution >= 0.6 is 0 Å². The number of sulfone groups is 1. The molecule has 0 bridgehead atoms. The predicted octanol–water partition coefficient (Wildman–Crippen LogP) is 1.76. The second-order valence-electron chi connectivity index (χ2n) is 4.83. The van der Waals surface area contributed by atoms with Crippen LogP contribution < -0.4 is 5.32 Å². The predicted molar refractivity (Wildman–Crippen MR) is 75.9 cm³/mol. The summed E-state index contributed by atoms with van der Waals surface area (Å²) in [4.78, 5) is 12.1. The van der Waals surface area contributed by atoms with E-state index < -0.39 is 21.0 Å². The van der Waals surface area contributed by atoms with E-state index in [-0.39, 0.29) is 22.9 Å². The number of nitrogens with one attached hydrogen (secondary N) is 1. The van der Waals surface area contributed by atoms with Crippen LogP contribution in [0.5, 0.6) is 0 Å². The van der Waals surface area contributed by atoms with Crippen LogP contribution in [0, 0.1) is 17.2 Å². The molecule has 1 N–H and O–H groups in total. The quantitative estimate of drug-likeness (QED) is 0.896. The van der Waals surface area contributed by atoms with Crippen LogP contribution in [0.15, 0.2) is 29.2 Å². The summed E-state index contributed by atoms with van der Waals surface area (Å²) in [5, 5.41) is 10.7. The van der Waals surface area contributed by atoms with Crippen LogP contribution in [0.25, 0.3) is 0 Å². The average Bonchev–Trinajstić information content (AvgIpc) is 2.44. The zero-order chi connectivity index (χ0) is 15.3. The molecule has 5 nitrogen and oxygen atoms in total. The number of amides is 1. The number of nitriles is 1. The first kappa shape index (κ1) is 16.2. The number of hydrogen-bond donors (Lipinski definition) is 1. The summed E-state index contributed by atoms with van der Waals surface area (Å²) in [6, 6.07) is 8.10. The summed E-state index contributed by atoms with van der Waals surface area (Å²) in [6.07, 6.45) is 0. The number of benzene rings is 1. The molecule has 1 amide bonds. The highest BCUT2D eigenvalue weighted by atomic mass is 32.2. The monoisotopic (exact) mass is 294 g/mol. The fourth-order valence-electron chi connectivity index (χ4n) is 1.54. The fraction of sp³-hybridized carbons (Fsp3) is 0.429. The largest absolute Gasteiger partial charge is 0.351 e. The molecule has 0 aliphatic carbocycles. The van der Waals surface area contributed by atoms with Crippen molar-refractivity contribution in [1.82, 2.24) is 5.32 Å². The van der Waals surface area contributed by atoms with Crippen molar-refractivity contribution < 1.29 is 13.2 Å². The first-order valence-electron chi connectivity index (χ1n) is 6.31. The standard InChI is InChI=1S/C14H18N2O3S/c1-10(2)20(18,19)13-7-5-4-6-12(13)14(17)16-9-11(3)8-15/h4-7,10-11H,9H2,1-3H3,(H,16,17). The van der Waals surface area contributed by atoms with Crippen LogP contribution in [-0.4, -0.2) is 26.1 Å². The molecule has 1 aromatic carbocycles. The molecular weight excluding hydrogens is 276 g/mol. The summed E-state index contributed by atoms with van der Waals surface area (Å²) < 4.78 is 24.4. The first-order valence-corrected chi connectivity index (χ1v) is 7.86. The van der Waals surface area contributed by atoms with E-state index >= 15 is 0 Å². The molecule has 0 aliphatic heterocycles. The summed E-state index contributed by atoms with van der Waals surface area (Å²) in [7, 11) is -3.52. The summed E-state index contributed by atoms with van der Waals surface area (Å²) >= 11 is 0. The van der Waals surface area contributed by atoms with Gasteiger partial charge in [-0.1, -0.05) is 12.1 Å². The molecule has 0 radical (unpaired) electrons. The van der Waals surface area contributed by atoms with Gasteiger partial charge in [-0.05, 0) is 32.9 Å². The lowest BCUT2D eigenvalue weighted by atomic mass is 10.2. The second kappa shape index (κ2) is 6.53.